The molecule has 1 aromatic heterocycles. The minimum Gasteiger partial charge on any atom is -0.454 e. The van der Waals surface area contributed by atoms with Crippen molar-refractivity contribution in [2.75, 3.05) is 6.61 Å². The molecule has 0 radical (unpaired) electrons. The molecule has 0 saturated carbocycles. The topological polar surface area (TPSA) is 72.1 Å². The molecule has 0 fully saturated rings. The largest absolute Gasteiger partial charge is 0.454 e. The van der Waals surface area contributed by atoms with E-state index in [9.17, 15) is 9.59 Å². The normalized spacial score (nSPS) is 10.0. The number of esters is 1. The molecule has 122 valence electrons. The van der Waals surface area contributed by atoms with Gasteiger partial charge >= 0.3 is 5.97 Å². The molecular weight excluding hydrogens is 304 g/mol. The van der Waals surface area contributed by atoms with Crippen LogP contribution in [-0.4, -0.2) is 22.9 Å². The van der Waals surface area contributed by atoms with Gasteiger partial charge in [0, 0.05) is 23.5 Å². The Balaban J connectivity index is 2.05. The summed E-state index contributed by atoms with van der Waals surface area (Å²) in [6.07, 6.45) is 1.76. The molecule has 0 unspecified atom stereocenters. The zero-order chi connectivity index (χ0) is 17.7. The van der Waals surface area contributed by atoms with Gasteiger partial charge in [0.2, 0.25) is 5.78 Å². The monoisotopic (exact) mass is 322 g/mol. The standard InChI is InChI=1S/C19H18N2O3/c1-4-9-21-13(2)10-17(14(21)3)18(22)12-24-19(23)16-7-5-15(11-20)6-8-16/h4-8,10H,1,9,12H2,2-3H3. The van der Waals surface area contributed by atoms with Gasteiger partial charge in [0.05, 0.1) is 17.2 Å². The fraction of sp³-hybridized carbons (Fsp3) is 0.211. The molecule has 1 aromatic carbocycles. The first kappa shape index (κ1) is 17.2. The van der Waals surface area contributed by atoms with E-state index in [2.05, 4.69) is 6.58 Å². The summed E-state index contributed by atoms with van der Waals surface area (Å²) in [5.41, 5.74) is 3.08. The highest BCUT2D eigenvalue weighted by Gasteiger charge is 2.17. The first-order valence-corrected chi connectivity index (χ1v) is 7.46. The molecule has 0 bridgehead atoms. The van der Waals surface area contributed by atoms with E-state index in [1.165, 1.54) is 24.3 Å². The maximum Gasteiger partial charge on any atom is 0.338 e. The van der Waals surface area contributed by atoms with E-state index in [-0.39, 0.29) is 12.4 Å². The smallest absolute Gasteiger partial charge is 0.338 e. The Morgan fingerprint density at radius 1 is 1.29 bits per heavy atom. The molecule has 24 heavy (non-hydrogen) atoms. The van der Waals surface area contributed by atoms with Gasteiger partial charge in [0.1, 0.15) is 0 Å². The molecule has 5 heteroatoms. The average Bonchev–Trinajstić information content (AvgIpc) is 2.88. The molecule has 0 saturated heterocycles. The molecule has 1 heterocycles. The lowest BCUT2D eigenvalue weighted by Gasteiger charge is -2.07. The van der Waals surface area contributed by atoms with Crippen LogP contribution in [0.25, 0.3) is 0 Å². The number of aryl methyl sites for hydroxylation is 1. The zero-order valence-electron chi connectivity index (χ0n) is 13.7. The summed E-state index contributed by atoms with van der Waals surface area (Å²) in [5.74, 6) is -0.840. The van der Waals surface area contributed by atoms with E-state index in [0.717, 1.165) is 11.4 Å². The molecule has 0 aliphatic heterocycles. The quantitative estimate of drug-likeness (QED) is 0.465. The van der Waals surface area contributed by atoms with Crippen LogP contribution in [0.4, 0.5) is 0 Å². The summed E-state index contributed by atoms with van der Waals surface area (Å²) in [6.45, 7) is 7.77. The van der Waals surface area contributed by atoms with Gasteiger partial charge in [0.15, 0.2) is 6.61 Å². The molecule has 0 amide bonds. The van der Waals surface area contributed by atoms with Gasteiger partial charge in [0.25, 0.3) is 0 Å². The van der Waals surface area contributed by atoms with Gasteiger partial charge in [-0.3, -0.25) is 4.79 Å². The highest BCUT2D eigenvalue weighted by atomic mass is 16.5. The molecule has 0 aliphatic rings. The number of benzene rings is 1. The van der Waals surface area contributed by atoms with Crippen molar-refractivity contribution in [1.82, 2.24) is 4.57 Å². The van der Waals surface area contributed by atoms with E-state index in [4.69, 9.17) is 10.00 Å². The van der Waals surface area contributed by atoms with Crippen LogP contribution in [-0.2, 0) is 11.3 Å². The molecule has 0 N–H and O–H groups in total. The Hall–Kier alpha value is -3.13. The van der Waals surface area contributed by atoms with Gasteiger partial charge in [-0.15, -0.1) is 6.58 Å². The third-order valence-corrected chi connectivity index (χ3v) is 3.77. The van der Waals surface area contributed by atoms with Crippen molar-refractivity contribution in [2.45, 2.75) is 20.4 Å². The van der Waals surface area contributed by atoms with Crippen molar-refractivity contribution in [1.29, 1.82) is 5.26 Å². The number of nitriles is 1. The van der Waals surface area contributed by atoms with E-state index < -0.39 is 5.97 Å². The molecule has 0 spiro atoms. The molecule has 2 rings (SSSR count). The predicted octanol–water partition coefficient (Wildman–Crippen LogP) is 3.20. The highest BCUT2D eigenvalue weighted by Crippen LogP contribution is 2.16. The van der Waals surface area contributed by atoms with Gasteiger partial charge in [-0.05, 0) is 44.2 Å². The van der Waals surface area contributed by atoms with Gasteiger partial charge in [-0.2, -0.15) is 5.26 Å². The molecule has 0 atom stereocenters. The second-order valence-electron chi connectivity index (χ2n) is 5.37. The summed E-state index contributed by atoms with van der Waals surface area (Å²) in [6, 6.07) is 9.82. The third-order valence-electron chi connectivity index (χ3n) is 3.77. The Labute approximate surface area is 140 Å². The van der Waals surface area contributed by atoms with Crippen LogP contribution < -0.4 is 0 Å². The Morgan fingerprint density at radius 3 is 2.54 bits per heavy atom. The number of ketones is 1. The molecule has 5 nitrogen and oxygen atoms in total. The van der Waals surface area contributed by atoms with Gasteiger partial charge in [-0.25, -0.2) is 4.79 Å². The summed E-state index contributed by atoms with van der Waals surface area (Å²) in [7, 11) is 0. The minimum atomic E-state index is -0.590. The van der Waals surface area contributed by atoms with Crippen molar-refractivity contribution in [3.8, 4) is 6.07 Å². The minimum absolute atomic E-state index is 0.250. The number of carbonyl (C=O) groups excluding carboxylic acids is 2. The fourth-order valence-corrected chi connectivity index (χ4v) is 2.47. The number of Topliss-reactive ketones (excluding diaryl/α,β-unsaturated/α-hetero) is 1. The van der Waals surface area contributed by atoms with Crippen molar-refractivity contribution >= 4 is 11.8 Å². The Morgan fingerprint density at radius 2 is 1.96 bits per heavy atom. The number of carbonyl (C=O) groups is 2. The predicted molar refractivity (Wildman–Crippen MR) is 89.9 cm³/mol. The Kier molecular flexibility index (Phi) is 5.33. The van der Waals surface area contributed by atoms with Gasteiger partial charge in [-0.1, -0.05) is 6.08 Å². The van der Waals surface area contributed by atoms with E-state index in [1.807, 2.05) is 24.5 Å². The number of nitrogens with zero attached hydrogens (tertiary/aromatic N) is 2. The van der Waals surface area contributed by atoms with E-state index in [0.29, 0.717) is 23.2 Å². The van der Waals surface area contributed by atoms with Gasteiger partial charge < -0.3 is 9.30 Å². The van der Waals surface area contributed by atoms with Crippen molar-refractivity contribution in [2.24, 2.45) is 0 Å². The second kappa shape index (κ2) is 7.42. The van der Waals surface area contributed by atoms with Crippen LogP contribution in [0.1, 0.15) is 37.7 Å². The second-order valence-corrected chi connectivity index (χ2v) is 5.37. The van der Waals surface area contributed by atoms with Crippen LogP contribution in [0, 0.1) is 25.2 Å². The van der Waals surface area contributed by atoms with Crippen LogP contribution >= 0.6 is 0 Å². The van der Waals surface area contributed by atoms with Crippen LogP contribution in [0.5, 0.6) is 0 Å². The summed E-state index contributed by atoms with van der Waals surface area (Å²) in [4.78, 5) is 24.3. The SMILES string of the molecule is C=CCn1c(C)cc(C(=O)COC(=O)c2ccc(C#N)cc2)c1C. The Bertz CT molecular complexity index is 824. The van der Waals surface area contributed by atoms with Crippen LogP contribution in [0.2, 0.25) is 0 Å². The maximum atomic E-state index is 12.3. The number of rotatable bonds is 6. The number of allylic oxidation sites excluding steroid dienone is 1. The van der Waals surface area contributed by atoms with E-state index in [1.54, 1.807) is 12.1 Å². The third kappa shape index (κ3) is 3.61. The summed E-state index contributed by atoms with van der Waals surface area (Å²) >= 11 is 0. The first-order chi connectivity index (χ1) is 11.5. The number of hydrogen-bond donors (Lipinski definition) is 0. The lowest BCUT2D eigenvalue weighted by molar-refractivity contribution is 0.0474. The summed E-state index contributed by atoms with van der Waals surface area (Å²) < 4.78 is 7.06. The maximum absolute atomic E-state index is 12.3. The van der Waals surface area contributed by atoms with E-state index >= 15 is 0 Å². The van der Waals surface area contributed by atoms with Crippen molar-refractivity contribution in [3.05, 3.63) is 71.1 Å². The lowest BCUT2D eigenvalue weighted by Crippen LogP contribution is -2.15. The molecular formula is C19H18N2O3. The lowest BCUT2D eigenvalue weighted by atomic mass is 10.1. The van der Waals surface area contributed by atoms with Crippen LogP contribution in [0.3, 0.4) is 0 Å². The summed E-state index contributed by atoms with van der Waals surface area (Å²) in [5, 5.41) is 8.74. The molecule has 2 aromatic rings. The number of ether oxygens (including phenoxy) is 1. The van der Waals surface area contributed by atoms with Crippen molar-refractivity contribution < 1.29 is 14.3 Å². The fourth-order valence-electron chi connectivity index (χ4n) is 2.47. The number of hydrogen-bond acceptors (Lipinski definition) is 4. The highest BCUT2D eigenvalue weighted by molar-refractivity contribution is 6.00. The zero-order valence-corrected chi connectivity index (χ0v) is 13.7. The average molecular weight is 322 g/mol. The number of aromatic nitrogens is 1. The molecule has 0 aliphatic carbocycles. The van der Waals surface area contributed by atoms with Crippen molar-refractivity contribution in [3.63, 3.8) is 0 Å². The van der Waals surface area contributed by atoms with Crippen LogP contribution in [0.15, 0.2) is 43.0 Å². The first-order valence-electron chi connectivity index (χ1n) is 7.46.